The maximum absolute atomic E-state index is 6.84. The van der Waals surface area contributed by atoms with E-state index in [1.165, 1.54) is 0 Å². The van der Waals surface area contributed by atoms with Gasteiger partial charge in [-0.1, -0.05) is 146 Å². The zero-order valence-corrected chi connectivity index (χ0v) is 43.5. The van der Waals surface area contributed by atoms with Gasteiger partial charge < -0.3 is 9.97 Å². The van der Waals surface area contributed by atoms with Crippen LogP contribution in [0, 0.1) is 0 Å². The fourth-order valence-corrected chi connectivity index (χ4v) is 12.1. The van der Waals surface area contributed by atoms with Crippen molar-refractivity contribution in [3.05, 3.63) is 166 Å². The van der Waals surface area contributed by atoms with Gasteiger partial charge in [0.15, 0.2) is 0 Å². The van der Waals surface area contributed by atoms with E-state index >= 15 is 0 Å². The lowest BCUT2D eigenvalue weighted by atomic mass is 9.64. The largest absolute Gasteiger partial charge is 0.354 e. The Balaban J connectivity index is 1.08. The van der Waals surface area contributed by atoms with E-state index in [2.05, 4.69) is 156 Å². The predicted molar refractivity (Wildman–Crippen MR) is 329 cm³/mol. The Kier molecular flexibility index (Phi) is 11.1. The molecule has 6 aliphatic rings. The molecule has 13 rings (SSSR count). The van der Waals surface area contributed by atoms with Gasteiger partial charge >= 0.3 is 0 Å². The quantitative estimate of drug-likeness (QED) is 0.120. The highest BCUT2D eigenvalue weighted by Crippen LogP contribution is 2.67. The van der Waals surface area contributed by atoms with Crippen LogP contribution in [0.4, 0.5) is 0 Å². The summed E-state index contributed by atoms with van der Waals surface area (Å²) < 4.78 is 0. The Morgan fingerprint density at radius 2 is 0.579 bits per heavy atom. The molecule has 342 valence electrons. The summed E-state index contributed by atoms with van der Waals surface area (Å²) in [5.41, 5.74) is 18.7. The van der Waals surface area contributed by atoms with Gasteiger partial charge in [-0.2, -0.15) is 0 Å². The minimum absolute atomic E-state index is 0.548. The minimum atomic E-state index is -0.613. The SMILES string of the molecule is [B]C1(C)[B]C1([B])Cc1cccc(-c2c3nc(c(-c4cccc(CC5([B])[B]C5([B])C)c4)c4ccc([nH]4)c(-c4cccc(CC5([B])[B]C5([B])C)c4)c4ccc([nH]4)c(-c4cccc(CC5([B])[B]C5([B])C)c4)c4nc2C=C4)C=C3)c1. The lowest BCUT2D eigenvalue weighted by Crippen LogP contribution is -2.04. The molecule has 2 N–H and O–H groups in total. The third-order valence-electron chi connectivity index (χ3n) is 17.5. The predicted octanol–water partition coefficient (Wildman–Crippen LogP) is 10.7. The van der Waals surface area contributed by atoms with Crippen LogP contribution in [0.3, 0.4) is 0 Å². The van der Waals surface area contributed by atoms with Crippen LogP contribution in [-0.2, 0) is 25.7 Å². The molecule has 8 bridgehead atoms. The second-order valence-corrected chi connectivity index (χ2v) is 23.9. The van der Waals surface area contributed by atoms with E-state index in [9.17, 15) is 0 Å². The topological polar surface area (TPSA) is 57.4 Å². The van der Waals surface area contributed by atoms with Crippen LogP contribution < -0.4 is 0 Å². The molecule has 76 heavy (non-hydrogen) atoms. The summed E-state index contributed by atoms with van der Waals surface area (Å²) in [6, 6.07) is 42.9. The average Bonchev–Trinajstić information content (AvgIpc) is 4.00. The van der Waals surface area contributed by atoms with Crippen molar-refractivity contribution in [2.24, 2.45) is 0 Å². The third kappa shape index (κ3) is 8.53. The molecule has 9 heterocycles. The summed E-state index contributed by atoms with van der Waals surface area (Å²) in [6.07, 6.45) is 10.8. The highest BCUT2D eigenvalue weighted by molar-refractivity contribution is 6.82. The van der Waals surface area contributed by atoms with Crippen molar-refractivity contribution in [1.29, 1.82) is 0 Å². The number of hydrogen-bond acceptors (Lipinski definition) is 2. The standard InChI is InChI=1S/C60H46B12N4/c1-53(61)57(65,69-53)29-33-9-5-13-37(25-33)49-41-17-19-43(73-41)50(38-14-6-10-34(26-38)30-58(66)54(2,62)70-58)45-21-23-47(75-45)52(40-16-8-12-36(28-40)32-60(68)56(4,64)72-60)48-24-22-46(76-48)51(44-20-18-42(49)74-44)39-15-7-11-35(27-39)31-59(67)55(3,63)71-59/h5-28,73-74H,29-32H2,1-4H3. The molecule has 4 aromatic carbocycles. The van der Waals surface area contributed by atoms with Crippen molar-refractivity contribution >= 4 is 138 Å². The number of rotatable bonds is 12. The number of benzene rings is 4. The van der Waals surface area contributed by atoms with Gasteiger partial charge in [0.1, 0.15) is 29.1 Å². The van der Waals surface area contributed by atoms with Crippen molar-refractivity contribution in [3.8, 4) is 44.5 Å². The fraction of sp³-hybridized carbons (Fsp3) is 0.267. The molecule has 4 fully saturated rings. The molecule has 0 aliphatic carbocycles. The van der Waals surface area contributed by atoms with E-state index in [0.717, 1.165) is 112 Å². The van der Waals surface area contributed by atoms with Crippen LogP contribution in [0.2, 0.25) is 41.7 Å². The average molecular weight is 953 g/mol. The van der Waals surface area contributed by atoms with E-state index in [1.54, 1.807) is 0 Å². The van der Waals surface area contributed by atoms with Gasteiger partial charge in [-0.15, -0.1) is 20.9 Å². The van der Waals surface area contributed by atoms with E-state index < -0.39 is 41.7 Å². The zero-order valence-electron chi connectivity index (χ0n) is 43.5. The van der Waals surface area contributed by atoms with Crippen LogP contribution in [-0.4, -0.2) is 112 Å². The zero-order chi connectivity index (χ0) is 53.0. The van der Waals surface area contributed by atoms with Gasteiger partial charge in [-0.25, -0.2) is 9.97 Å². The first-order valence-electron chi connectivity index (χ1n) is 26.3. The summed E-state index contributed by atoms with van der Waals surface area (Å²) in [4.78, 5) is 19.0. The Morgan fingerprint density at radius 1 is 0.342 bits per heavy atom. The smallest absolute Gasteiger partial charge is 0.102 e. The second-order valence-electron chi connectivity index (χ2n) is 23.9. The second kappa shape index (κ2) is 16.9. The Labute approximate surface area is 461 Å². The van der Waals surface area contributed by atoms with E-state index in [4.69, 9.17) is 72.7 Å². The Morgan fingerprint density at radius 3 is 0.855 bits per heavy atom. The first-order chi connectivity index (χ1) is 35.9. The maximum Gasteiger partial charge on any atom is 0.102 e. The molecule has 0 spiro atoms. The fourth-order valence-electron chi connectivity index (χ4n) is 12.1. The van der Waals surface area contributed by atoms with Gasteiger partial charge in [-0.3, -0.25) is 0 Å². The van der Waals surface area contributed by atoms with Gasteiger partial charge in [0.25, 0.3) is 0 Å². The Hall–Kier alpha value is -5.74. The molecule has 4 nitrogen and oxygen atoms in total. The molecule has 0 amide bonds. The highest BCUT2D eigenvalue weighted by atomic mass is 14.8. The van der Waals surface area contributed by atoms with Crippen molar-refractivity contribution in [1.82, 2.24) is 19.9 Å². The minimum Gasteiger partial charge on any atom is -0.354 e. The molecule has 6 aliphatic heterocycles. The summed E-state index contributed by atoms with van der Waals surface area (Å²) >= 11 is 0. The molecule has 20 radical (unpaired) electrons. The van der Waals surface area contributed by atoms with E-state index in [0.29, 0.717) is 25.7 Å². The summed E-state index contributed by atoms with van der Waals surface area (Å²) in [5, 5.41) is -4.64. The molecular weight excluding hydrogens is 906 g/mol. The van der Waals surface area contributed by atoms with Crippen LogP contribution in [0.5, 0.6) is 0 Å². The number of nitrogens with zero attached hydrogens (tertiary/aromatic N) is 2. The number of aromatic nitrogens is 4. The molecule has 3 aromatic heterocycles. The monoisotopic (exact) mass is 954 g/mol. The summed E-state index contributed by atoms with van der Waals surface area (Å²) in [5.74, 6) is 0. The van der Waals surface area contributed by atoms with Crippen molar-refractivity contribution < 1.29 is 0 Å². The van der Waals surface area contributed by atoms with Crippen LogP contribution in [0.15, 0.2) is 121 Å². The first kappa shape index (κ1) is 49.8. The van der Waals surface area contributed by atoms with Crippen molar-refractivity contribution in [2.45, 2.75) is 95.1 Å². The number of nitrogens with one attached hydrogen (secondary N) is 2. The highest BCUT2D eigenvalue weighted by Gasteiger charge is 2.58. The van der Waals surface area contributed by atoms with E-state index in [1.807, 2.05) is 56.8 Å². The molecule has 16 heteroatoms. The summed E-state index contributed by atoms with van der Waals surface area (Å²) in [6.45, 7) is 7.92. The summed E-state index contributed by atoms with van der Waals surface area (Å²) in [7, 11) is 61.7. The molecule has 0 saturated carbocycles. The van der Waals surface area contributed by atoms with Crippen molar-refractivity contribution in [2.75, 3.05) is 0 Å². The van der Waals surface area contributed by atoms with Crippen molar-refractivity contribution in [3.63, 3.8) is 0 Å². The molecule has 7 aromatic rings. The van der Waals surface area contributed by atoms with Gasteiger partial charge in [0.2, 0.25) is 0 Å². The molecule has 8 unspecified atom stereocenters. The lowest BCUT2D eigenvalue weighted by Gasteiger charge is -2.18. The normalized spacial score (nSPS) is 30.2. The number of H-pyrrole nitrogens is 2. The van der Waals surface area contributed by atoms with Crippen LogP contribution in [0.25, 0.3) is 90.9 Å². The number of fused-ring (bicyclic) bond motifs is 8. The lowest BCUT2D eigenvalue weighted by molar-refractivity contribution is 0.787. The van der Waals surface area contributed by atoms with Crippen LogP contribution in [0.1, 0.15) is 72.7 Å². The first-order valence-corrected chi connectivity index (χ1v) is 26.3. The molecule has 4 saturated heterocycles. The molecular formula is C60H46B12N4. The maximum atomic E-state index is 6.84. The van der Waals surface area contributed by atoms with Crippen LogP contribution >= 0.6 is 0 Å². The van der Waals surface area contributed by atoms with Gasteiger partial charge in [-0.05, 0) is 119 Å². The van der Waals surface area contributed by atoms with Gasteiger partial charge in [0.05, 0.1) is 85.5 Å². The number of aromatic amines is 2. The molecule has 8 atom stereocenters. The third-order valence-corrected chi connectivity index (χ3v) is 17.5. The van der Waals surface area contributed by atoms with E-state index in [-0.39, 0.29) is 0 Å². The number of hydrogen-bond donors (Lipinski definition) is 2. The van der Waals surface area contributed by atoms with Gasteiger partial charge in [0, 0.05) is 44.3 Å². The Bertz CT molecular complexity index is 3680.